The van der Waals surface area contributed by atoms with Gasteiger partial charge in [0.25, 0.3) is 0 Å². The number of rotatable bonds is 5. The van der Waals surface area contributed by atoms with E-state index in [0.717, 1.165) is 5.69 Å². The highest BCUT2D eigenvalue weighted by Gasteiger charge is 2.11. The van der Waals surface area contributed by atoms with Gasteiger partial charge in [-0.2, -0.15) is 0 Å². The Morgan fingerprint density at radius 2 is 1.92 bits per heavy atom. The van der Waals surface area contributed by atoms with Crippen LogP contribution >= 0.6 is 11.3 Å². The molecular formula is C18H16F2N2O2S. The lowest BCUT2D eigenvalue weighted by molar-refractivity contribution is 0.275. The maximum Gasteiger partial charge on any atom is 0.190 e. The molecule has 0 spiro atoms. The van der Waals surface area contributed by atoms with E-state index in [-0.39, 0.29) is 18.2 Å². The summed E-state index contributed by atoms with van der Waals surface area (Å²) in [7, 11) is 1.41. The van der Waals surface area contributed by atoms with Crippen molar-refractivity contribution in [2.45, 2.75) is 6.54 Å². The van der Waals surface area contributed by atoms with Crippen molar-refractivity contribution in [1.29, 1.82) is 0 Å². The summed E-state index contributed by atoms with van der Waals surface area (Å²) in [6.07, 6.45) is 0. The van der Waals surface area contributed by atoms with E-state index in [1.807, 2.05) is 5.38 Å². The summed E-state index contributed by atoms with van der Waals surface area (Å²) in [5, 5.41) is 11.2. The molecule has 0 aliphatic heterocycles. The number of aliphatic hydroxyl groups is 1. The van der Waals surface area contributed by atoms with Gasteiger partial charge in [0.15, 0.2) is 16.4 Å². The minimum absolute atomic E-state index is 0.0844. The van der Waals surface area contributed by atoms with Crippen LogP contribution in [0.5, 0.6) is 5.75 Å². The molecule has 0 unspecified atom stereocenters. The number of ether oxygens (including phenoxy) is 1. The van der Waals surface area contributed by atoms with Crippen molar-refractivity contribution in [1.82, 2.24) is 4.57 Å². The lowest BCUT2D eigenvalue weighted by Gasteiger charge is -2.09. The number of hydrogen-bond donors (Lipinski definition) is 1. The van der Waals surface area contributed by atoms with Gasteiger partial charge in [-0.25, -0.2) is 13.8 Å². The lowest BCUT2D eigenvalue weighted by Crippen LogP contribution is -2.17. The number of benzene rings is 2. The summed E-state index contributed by atoms with van der Waals surface area (Å²) in [6.45, 7) is 0.228. The van der Waals surface area contributed by atoms with Crippen molar-refractivity contribution in [2.24, 2.45) is 4.99 Å². The van der Waals surface area contributed by atoms with Gasteiger partial charge < -0.3 is 14.4 Å². The zero-order valence-electron chi connectivity index (χ0n) is 13.4. The monoisotopic (exact) mass is 362 g/mol. The highest BCUT2D eigenvalue weighted by molar-refractivity contribution is 7.07. The normalized spacial score (nSPS) is 11.8. The molecule has 1 aromatic heterocycles. The maximum absolute atomic E-state index is 14.0. The van der Waals surface area contributed by atoms with Gasteiger partial charge in [-0.3, -0.25) is 0 Å². The van der Waals surface area contributed by atoms with Gasteiger partial charge in [-0.1, -0.05) is 0 Å². The SMILES string of the molecule is COc1ccc(-c2csc(=Nc3ccc(F)cc3)n2CCO)cc1F. The number of halogens is 2. The Bertz CT molecular complexity index is 933. The van der Waals surface area contributed by atoms with E-state index in [0.29, 0.717) is 22.6 Å². The highest BCUT2D eigenvalue weighted by atomic mass is 32.1. The Morgan fingerprint density at radius 1 is 1.16 bits per heavy atom. The van der Waals surface area contributed by atoms with Crippen molar-refractivity contribution in [2.75, 3.05) is 13.7 Å². The van der Waals surface area contributed by atoms with Crippen LogP contribution in [0.3, 0.4) is 0 Å². The Balaban J connectivity index is 2.08. The van der Waals surface area contributed by atoms with Gasteiger partial charge in [0.1, 0.15) is 5.82 Å². The molecule has 130 valence electrons. The van der Waals surface area contributed by atoms with Crippen LogP contribution in [0.1, 0.15) is 0 Å². The van der Waals surface area contributed by atoms with E-state index >= 15 is 0 Å². The Kier molecular flexibility index (Phi) is 5.25. The standard InChI is InChI=1S/C18H16F2N2O2S/c1-24-17-7-2-12(10-15(17)20)16-11-25-18(22(16)8-9-23)21-14-5-3-13(19)4-6-14/h2-7,10-11,23H,8-9H2,1H3. The number of hydrogen-bond acceptors (Lipinski definition) is 4. The van der Waals surface area contributed by atoms with Crippen LogP contribution in [0.15, 0.2) is 52.8 Å². The van der Waals surface area contributed by atoms with Crippen LogP contribution in [0.2, 0.25) is 0 Å². The van der Waals surface area contributed by atoms with E-state index in [1.165, 1.54) is 36.6 Å². The van der Waals surface area contributed by atoms with Gasteiger partial charge in [-0.05, 0) is 42.5 Å². The van der Waals surface area contributed by atoms with Crippen LogP contribution in [0.4, 0.5) is 14.5 Å². The second-order valence-electron chi connectivity index (χ2n) is 5.22. The summed E-state index contributed by atoms with van der Waals surface area (Å²) in [5.41, 5.74) is 1.99. The Hall–Kier alpha value is -2.51. The van der Waals surface area contributed by atoms with Gasteiger partial charge >= 0.3 is 0 Å². The third kappa shape index (κ3) is 3.78. The van der Waals surface area contributed by atoms with Crippen molar-refractivity contribution in [3.63, 3.8) is 0 Å². The number of methoxy groups -OCH3 is 1. The third-order valence-electron chi connectivity index (χ3n) is 3.62. The zero-order valence-corrected chi connectivity index (χ0v) is 14.3. The molecule has 0 aliphatic carbocycles. The van der Waals surface area contributed by atoms with Gasteiger partial charge in [0.2, 0.25) is 0 Å². The molecule has 0 bridgehead atoms. The fourth-order valence-electron chi connectivity index (χ4n) is 2.42. The van der Waals surface area contributed by atoms with E-state index in [2.05, 4.69) is 4.99 Å². The first-order chi connectivity index (χ1) is 12.1. The van der Waals surface area contributed by atoms with Crippen molar-refractivity contribution in [3.05, 3.63) is 64.3 Å². The van der Waals surface area contributed by atoms with E-state index in [4.69, 9.17) is 4.74 Å². The van der Waals surface area contributed by atoms with E-state index in [1.54, 1.807) is 28.8 Å². The molecule has 0 amide bonds. The minimum Gasteiger partial charge on any atom is -0.494 e. The molecule has 0 atom stereocenters. The summed E-state index contributed by atoms with van der Waals surface area (Å²) in [6, 6.07) is 10.5. The summed E-state index contributed by atoms with van der Waals surface area (Å²) < 4.78 is 33.8. The Morgan fingerprint density at radius 3 is 2.56 bits per heavy atom. The third-order valence-corrected chi connectivity index (χ3v) is 4.48. The molecule has 0 radical (unpaired) electrons. The number of nitrogens with zero attached hydrogens (tertiary/aromatic N) is 2. The van der Waals surface area contributed by atoms with Crippen LogP contribution < -0.4 is 9.54 Å². The van der Waals surface area contributed by atoms with Crippen molar-refractivity contribution < 1.29 is 18.6 Å². The second-order valence-corrected chi connectivity index (χ2v) is 6.05. The molecular weight excluding hydrogens is 346 g/mol. The highest BCUT2D eigenvalue weighted by Crippen LogP contribution is 2.26. The van der Waals surface area contributed by atoms with Crippen LogP contribution in [0.25, 0.3) is 11.3 Å². The van der Waals surface area contributed by atoms with Crippen LogP contribution in [-0.2, 0) is 6.54 Å². The average molecular weight is 362 g/mol. The van der Waals surface area contributed by atoms with E-state index in [9.17, 15) is 13.9 Å². The number of thiazole rings is 1. The largest absolute Gasteiger partial charge is 0.494 e. The summed E-state index contributed by atoms with van der Waals surface area (Å²) in [4.78, 5) is 5.12. The first-order valence-corrected chi connectivity index (χ1v) is 8.43. The predicted octanol–water partition coefficient (Wildman–Crippen LogP) is 3.73. The fourth-order valence-corrected chi connectivity index (χ4v) is 3.37. The van der Waals surface area contributed by atoms with Gasteiger partial charge in [-0.15, -0.1) is 11.3 Å². The molecule has 0 saturated carbocycles. The van der Waals surface area contributed by atoms with Gasteiger partial charge in [0.05, 0.1) is 25.1 Å². The molecule has 0 fully saturated rings. The number of aromatic nitrogens is 1. The first-order valence-electron chi connectivity index (χ1n) is 7.56. The van der Waals surface area contributed by atoms with Crippen molar-refractivity contribution >= 4 is 17.0 Å². The first kappa shape index (κ1) is 17.3. The fraction of sp³-hybridized carbons (Fsp3) is 0.167. The molecule has 25 heavy (non-hydrogen) atoms. The minimum atomic E-state index is -0.459. The number of aliphatic hydroxyl groups excluding tert-OH is 1. The molecule has 0 aliphatic rings. The molecule has 3 aromatic rings. The summed E-state index contributed by atoms with van der Waals surface area (Å²) >= 11 is 1.36. The molecule has 0 saturated heterocycles. The van der Waals surface area contributed by atoms with Crippen LogP contribution in [-0.4, -0.2) is 23.4 Å². The zero-order chi connectivity index (χ0) is 17.8. The van der Waals surface area contributed by atoms with Crippen molar-refractivity contribution in [3.8, 4) is 17.0 Å². The second kappa shape index (κ2) is 7.58. The van der Waals surface area contributed by atoms with Gasteiger partial charge in [0, 0.05) is 17.5 Å². The molecule has 1 heterocycles. The topological polar surface area (TPSA) is 46.8 Å². The smallest absolute Gasteiger partial charge is 0.190 e. The summed E-state index contributed by atoms with van der Waals surface area (Å²) in [5.74, 6) is -0.620. The van der Waals surface area contributed by atoms with E-state index < -0.39 is 5.82 Å². The predicted molar refractivity (Wildman–Crippen MR) is 93.0 cm³/mol. The molecule has 1 N–H and O–H groups in total. The molecule has 4 nitrogen and oxygen atoms in total. The average Bonchev–Trinajstić information content (AvgIpc) is 3.00. The molecule has 3 rings (SSSR count). The quantitative estimate of drug-likeness (QED) is 0.752. The lowest BCUT2D eigenvalue weighted by atomic mass is 10.1. The van der Waals surface area contributed by atoms with Crippen LogP contribution in [0, 0.1) is 11.6 Å². The molecule has 2 aromatic carbocycles. The molecule has 7 heteroatoms. The maximum atomic E-state index is 14.0. The Labute approximate surface area is 147 Å².